The summed E-state index contributed by atoms with van der Waals surface area (Å²) >= 11 is 12.8. The van der Waals surface area contributed by atoms with Crippen molar-refractivity contribution in [3.63, 3.8) is 0 Å². The van der Waals surface area contributed by atoms with Crippen LogP contribution >= 0.6 is 34.5 Å². The second-order valence-corrected chi connectivity index (χ2v) is 6.61. The van der Waals surface area contributed by atoms with Gasteiger partial charge in [0, 0.05) is 6.54 Å². The molecule has 6 heteroatoms. The quantitative estimate of drug-likeness (QED) is 0.895. The van der Waals surface area contributed by atoms with Crippen molar-refractivity contribution in [2.45, 2.75) is 13.0 Å². The van der Waals surface area contributed by atoms with Crippen LogP contribution in [-0.2, 0) is 0 Å². The van der Waals surface area contributed by atoms with E-state index in [1.807, 2.05) is 31.2 Å². The van der Waals surface area contributed by atoms with E-state index in [1.165, 1.54) is 6.07 Å². The Bertz CT molecular complexity index is 627. The van der Waals surface area contributed by atoms with E-state index >= 15 is 0 Å². The molecule has 0 aliphatic heterocycles. The zero-order valence-electron chi connectivity index (χ0n) is 10.7. The van der Waals surface area contributed by atoms with E-state index in [4.69, 9.17) is 23.2 Å². The Kier molecular flexibility index (Phi) is 5.05. The fourth-order valence-electron chi connectivity index (χ4n) is 1.85. The highest BCUT2D eigenvalue weighted by Gasteiger charge is 2.16. The summed E-state index contributed by atoms with van der Waals surface area (Å²) in [7, 11) is 0. The summed E-state index contributed by atoms with van der Waals surface area (Å²) in [4.78, 5) is 11.9. The van der Waals surface area contributed by atoms with Gasteiger partial charge in [-0.1, -0.05) is 47.5 Å². The molecule has 0 aliphatic carbocycles. The monoisotopic (exact) mass is 329 g/mol. The van der Waals surface area contributed by atoms with Crippen LogP contribution in [0.5, 0.6) is 0 Å². The molecule has 1 aromatic heterocycles. The number of hydrogen-bond donors (Lipinski definition) is 2. The van der Waals surface area contributed by atoms with Crippen LogP contribution in [0.15, 0.2) is 30.3 Å². The zero-order valence-corrected chi connectivity index (χ0v) is 13.0. The summed E-state index contributed by atoms with van der Waals surface area (Å²) in [5.74, 6) is -0.342. The van der Waals surface area contributed by atoms with Crippen molar-refractivity contribution in [3.05, 3.63) is 55.7 Å². The van der Waals surface area contributed by atoms with Crippen LogP contribution in [0, 0.1) is 6.92 Å². The number of benzene rings is 1. The number of nitrogens with one attached hydrogen (secondary N) is 1. The first kappa shape index (κ1) is 15.3. The minimum absolute atomic E-state index is 0.119. The van der Waals surface area contributed by atoms with Gasteiger partial charge in [-0.3, -0.25) is 4.79 Å². The molecule has 20 heavy (non-hydrogen) atoms. The smallest absolute Gasteiger partial charge is 0.253 e. The van der Waals surface area contributed by atoms with Crippen molar-refractivity contribution in [2.75, 3.05) is 6.54 Å². The molecule has 106 valence electrons. The Morgan fingerprint density at radius 2 is 2.10 bits per heavy atom. The minimum Gasteiger partial charge on any atom is -0.387 e. The van der Waals surface area contributed by atoms with Gasteiger partial charge in [0.2, 0.25) is 0 Å². The van der Waals surface area contributed by atoms with Gasteiger partial charge in [-0.15, -0.1) is 11.3 Å². The van der Waals surface area contributed by atoms with Gasteiger partial charge in [0.1, 0.15) is 4.34 Å². The lowest BCUT2D eigenvalue weighted by molar-refractivity contribution is 0.0916. The number of carbonyl (C=O) groups excluding carboxylic acids is 1. The summed E-state index contributed by atoms with van der Waals surface area (Å²) in [5, 5.41) is 12.8. The number of aliphatic hydroxyl groups is 1. The number of hydrogen-bond acceptors (Lipinski definition) is 3. The Hall–Kier alpha value is -1.07. The lowest BCUT2D eigenvalue weighted by Gasteiger charge is -2.14. The maximum Gasteiger partial charge on any atom is 0.253 e. The number of aliphatic hydroxyl groups excluding tert-OH is 1. The van der Waals surface area contributed by atoms with E-state index in [2.05, 4.69) is 5.32 Å². The Balaban J connectivity index is 2.00. The third-order valence-corrected chi connectivity index (χ3v) is 4.39. The highest BCUT2D eigenvalue weighted by molar-refractivity contribution is 7.20. The molecule has 0 spiro atoms. The van der Waals surface area contributed by atoms with Gasteiger partial charge in [0.05, 0.1) is 16.0 Å². The van der Waals surface area contributed by atoms with E-state index in [-0.39, 0.29) is 12.5 Å². The minimum atomic E-state index is -0.756. The molecule has 0 saturated carbocycles. The van der Waals surface area contributed by atoms with Gasteiger partial charge in [-0.2, -0.15) is 0 Å². The molecular weight excluding hydrogens is 317 g/mol. The lowest BCUT2D eigenvalue weighted by Crippen LogP contribution is -2.28. The third-order valence-electron chi connectivity index (χ3n) is 2.90. The van der Waals surface area contributed by atoms with Crippen molar-refractivity contribution >= 4 is 40.4 Å². The van der Waals surface area contributed by atoms with Crippen LogP contribution in [0.3, 0.4) is 0 Å². The molecule has 2 N–H and O–H groups in total. The predicted molar refractivity (Wildman–Crippen MR) is 82.8 cm³/mol. The van der Waals surface area contributed by atoms with Gasteiger partial charge in [-0.25, -0.2) is 0 Å². The summed E-state index contributed by atoms with van der Waals surface area (Å²) in [6.07, 6.45) is -0.756. The first-order valence-electron chi connectivity index (χ1n) is 5.95. The van der Waals surface area contributed by atoms with Crippen molar-refractivity contribution in [1.82, 2.24) is 5.32 Å². The number of amides is 1. The van der Waals surface area contributed by atoms with E-state index in [0.717, 1.165) is 22.5 Å². The highest BCUT2D eigenvalue weighted by Crippen LogP contribution is 2.31. The lowest BCUT2D eigenvalue weighted by atomic mass is 10.0. The highest BCUT2D eigenvalue weighted by atomic mass is 35.5. The first-order valence-corrected chi connectivity index (χ1v) is 7.53. The standard InChI is InChI=1S/C14H13Cl2NO2S/c1-8-4-2-3-5-9(8)11(18)7-17-14(19)10-6-12(15)20-13(10)16/h2-6,11,18H,7H2,1H3,(H,17,19). The van der Waals surface area contributed by atoms with Crippen molar-refractivity contribution in [2.24, 2.45) is 0 Å². The summed E-state index contributed by atoms with van der Waals surface area (Å²) in [6, 6.07) is 9.01. The normalized spacial score (nSPS) is 12.2. The van der Waals surface area contributed by atoms with Crippen LogP contribution in [0.4, 0.5) is 0 Å². The molecule has 0 saturated heterocycles. The molecule has 3 nitrogen and oxygen atoms in total. The third kappa shape index (κ3) is 3.52. The molecule has 0 bridgehead atoms. The van der Waals surface area contributed by atoms with E-state index in [0.29, 0.717) is 14.2 Å². The van der Waals surface area contributed by atoms with E-state index in [1.54, 1.807) is 0 Å². The average Bonchev–Trinajstić information content (AvgIpc) is 2.75. The number of aryl methyl sites for hydroxylation is 1. The summed E-state index contributed by atoms with van der Waals surface area (Å²) in [5.41, 5.74) is 2.10. The fourth-order valence-corrected chi connectivity index (χ4v) is 3.31. The van der Waals surface area contributed by atoms with Gasteiger partial charge < -0.3 is 10.4 Å². The predicted octanol–water partition coefficient (Wildman–Crippen LogP) is 3.83. The Morgan fingerprint density at radius 3 is 2.70 bits per heavy atom. The van der Waals surface area contributed by atoms with Crippen LogP contribution in [0.25, 0.3) is 0 Å². The summed E-state index contributed by atoms with van der Waals surface area (Å²) in [6.45, 7) is 2.03. The molecular formula is C14H13Cl2NO2S. The summed E-state index contributed by atoms with van der Waals surface area (Å²) < 4.78 is 0.803. The maximum absolute atomic E-state index is 11.9. The molecule has 1 amide bonds. The Labute approximate surface area is 131 Å². The van der Waals surface area contributed by atoms with E-state index < -0.39 is 6.10 Å². The van der Waals surface area contributed by atoms with Crippen LogP contribution in [-0.4, -0.2) is 17.6 Å². The van der Waals surface area contributed by atoms with Gasteiger partial charge in [-0.05, 0) is 24.1 Å². The number of halogens is 2. The number of rotatable bonds is 4. The first-order chi connectivity index (χ1) is 9.49. The average molecular weight is 330 g/mol. The second kappa shape index (κ2) is 6.59. The number of carbonyl (C=O) groups is 1. The van der Waals surface area contributed by atoms with Crippen LogP contribution in [0.2, 0.25) is 8.67 Å². The molecule has 2 rings (SSSR count). The zero-order chi connectivity index (χ0) is 14.7. The van der Waals surface area contributed by atoms with Gasteiger partial charge >= 0.3 is 0 Å². The van der Waals surface area contributed by atoms with Crippen LogP contribution in [0.1, 0.15) is 27.6 Å². The topological polar surface area (TPSA) is 49.3 Å². The SMILES string of the molecule is Cc1ccccc1C(O)CNC(=O)c1cc(Cl)sc1Cl. The van der Waals surface area contributed by atoms with Crippen molar-refractivity contribution < 1.29 is 9.90 Å². The van der Waals surface area contributed by atoms with Crippen molar-refractivity contribution in [3.8, 4) is 0 Å². The van der Waals surface area contributed by atoms with E-state index in [9.17, 15) is 9.90 Å². The second-order valence-electron chi connectivity index (χ2n) is 4.32. The molecule has 0 radical (unpaired) electrons. The number of thiophene rings is 1. The molecule has 1 aromatic carbocycles. The van der Waals surface area contributed by atoms with Crippen molar-refractivity contribution in [1.29, 1.82) is 0 Å². The molecule has 0 fully saturated rings. The van der Waals surface area contributed by atoms with Crippen LogP contribution < -0.4 is 5.32 Å². The largest absolute Gasteiger partial charge is 0.387 e. The molecule has 0 aliphatic rings. The van der Waals surface area contributed by atoms with Gasteiger partial charge in [0.25, 0.3) is 5.91 Å². The van der Waals surface area contributed by atoms with Gasteiger partial charge in [0.15, 0.2) is 0 Å². The molecule has 1 heterocycles. The molecule has 2 aromatic rings. The molecule has 1 unspecified atom stereocenters. The maximum atomic E-state index is 11.9. The Morgan fingerprint density at radius 1 is 1.40 bits per heavy atom. The fraction of sp³-hybridized carbons (Fsp3) is 0.214. The molecule has 1 atom stereocenters.